The van der Waals surface area contributed by atoms with Gasteiger partial charge in [-0.2, -0.15) is 0 Å². The molecule has 0 spiro atoms. The summed E-state index contributed by atoms with van der Waals surface area (Å²) in [4.78, 5) is 0. The number of halogens is 1. The molecule has 1 aliphatic heterocycles. The maximum absolute atomic E-state index is 10.4. The van der Waals surface area contributed by atoms with E-state index < -0.39 is 6.10 Å². The Hall–Kier alpha value is -0.580. The Labute approximate surface area is 110 Å². The molecule has 1 saturated heterocycles. The largest absolute Gasteiger partial charge is 0.496 e. The van der Waals surface area contributed by atoms with E-state index in [-0.39, 0.29) is 5.92 Å². The van der Waals surface area contributed by atoms with Crippen LogP contribution < -0.4 is 4.74 Å². The fourth-order valence-electron chi connectivity index (χ4n) is 2.13. The smallest absolute Gasteiger partial charge is 0.125 e. The summed E-state index contributed by atoms with van der Waals surface area (Å²) in [6.45, 7) is 3.36. The van der Waals surface area contributed by atoms with Crippen LogP contribution >= 0.6 is 15.9 Å². The highest BCUT2D eigenvalue weighted by atomic mass is 79.9. The predicted molar refractivity (Wildman–Crippen MR) is 69.3 cm³/mol. The third-order valence-corrected chi connectivity index (χ3v) is 4.10. The molecule has 1 aliphatic rings. The van der Waals surface area contributed by atoms with Crippen LogP contribution in [-0.2, 0) is 4.74 Å². The maximum Gasteiger partial charge on any atom is 0.125 e. The van der Waals surface area contributed by atoms with Crippen molar-refractivity contribution < 1.29 is 14.6 Å². The second-order valence-corrected chi connectivity index (χ2v) is 5.27. The molecular weight excluding hydrogens is 284 g/mol. The van der Waals surface area contributed by atoms with E-state index in [0.29, 0.717) is 6.61 Å². The number of methoxy groups -OCH3 is 1. The minimum atomic E-state index is -0.524. The highest BCUT2D eigenvalue weighted by Crippen LogP contribution is 2.36. The number of rotatable bonds is 3. The quantitative estimate of drug-likeness (QED) is 0.933. The van der Waals surface area contributed by atoms with E-state index in [2.05, 4.69) is 15.9 Å². The van der Waals surface area contributed by atoms with Crippen LogP contribution in [0, 0.1) is 12.8 Å². The first-order valence-electron chi connectivity index (χ1n) is 5.73. The van der Waals surface area contributed by atoms with Gasteiger partial charge < -0.3 is 14.6 Å². The van der Waals surface area contributed by atoms with Crippen molar-refractivity contribution >= 4 is 15.9 Å². The Kier molecular flexibility index (Phi) is 4.07. The molecule has 0 radical (unpaired) electrons. The van der Waals surface area contributed by atoms with Crippen molar-refractivity contribution in [3.8, 4) is 5.75 Å². The highest BCUT2D eigenvalue weighted by Gasteiger charge is 2.27. The summed E-state index contributed by atoms with van der Waals surface area (Å²) in [7, 11) is 1.63. The van der Waals surface area contributed by atoms with Crippen LogP contribution in [0.1, 0.15) is 23.7 Å². The fraction of sp³-hybridized carbons (Fsp3) is 0.538. The lowest BCUT2D eigenvalue weighted by Crippen LogP contribution is -2.13. The van der Waals surface area contributed by atoms with E-state index in [1.807, 2.05) is 19.1 Å². The molecule has 1 aromatic carbocycles. The zero-order valence-corrected chi connectivity index (χ0v) is 11.7. The predicted octanol–water partition coefficient (Wildman–Crippen LogP) is 2.84. The molecule has 1 heterocycles. The lowest BCUT2D eigenvalue weighted by molar-refractivity contribution is 0.0896. The molecule has 1 aromatic rings. The van der Waals surface area contributed by atoms with Crippen LogP contribution in [0.2, 0.25) is 0 Å². The molecular formula is C13H17BrO3. The number of aliphatic hydroxyl groups excluding tert-OH is 1. The number of aliphatic hydroxyl groups is 1. The number of hydrogen-bond donors (Lipinski definition) is 1. The SMILES string of the molecule is COc1cc(C)c(Br)cc1C(O)C1CCOC1. The molecule has 0 saturated carbocycles. The van der Waals surface area contributed by atoms with Crippen LogP contribution in [0.3, 0.4) is 0 Å². The zero-order valence-electron chi connectivity index (χ0n) is 10.1. The summed E-state index contributed by atoms with van der Waals surface area (Å²) in [6, 6.07) is 3.88. The Bertz CT molecular complexity index is 400. The van der Waals surface area contributed by atoms with Crippen molar-refractivity contribution in [1.29, 1.82) is 0 Å². The van der Waals surface area contributed by atoms with E-state index in [4.69, 9.17) is 9.47 Å². The topological polar surface area (TPSA) is 38.7 Å². The third-order valence-electron chi connectivity index (χ3n) is 3.24. The fourth-order valence-corrected chi connectivity index (χ4v) is 2.50. The molecule has 2 unspecified atom stereocenters. The highest BCUT2D eigenvalue weighted by molar-refractivity contribution is 9.10. The number of ether oxygens (including phenoxy) is 2. The second kappa shape index (κ2) is 5.38. The van der Waals surface area contributed by atoms with Crippen molar-refractivity contribution in [2.75, 3.05) is 20.3 Å². The molecule has 1 fully saturated rings. The average molecular weight is 301 g/mol. The van der Waals surface area contributed by atoms with Gasteiger partial charge in [0.25, 0.3) is 0 Å². The van der Waals surface area contributed by atoms with E-state index in [1.54, 1.807) is 7.11 Å². The van der Waals surface area contributed by atoms with Gasteiger partial charge in [0, 0.05) is 22.6 Å². The Morgan fingerprint density at radius 3 is 2.88 bits per heavy atom. The molecule has 4 heteroatoms. The Balaban J connectivity index is 2.32. The molecule has 2 atom stereocenters. The normalized spacial score (nSPS) is 21.5. The number of hydrogen-bond acceptors (Lipinski definition) is 3. The summed E-state index contributed by atoms with van der Waals surface area (Å²) < 4.78 is 11.6. The van der Waals surface area contributed by atoms with E-state index in [0.717, 1.165) is 34.4 Å². The van der Waals surface area contributed by atoms with Gasteiger partial charge in [0.2, 0.25) is 0 Å². The van der Waals surface area contributed by atoms with Gasteiger partial charge in [-0.15, -0.1) is 0 Å². The van der Waals surface area contributed by atoms with Gasteiger partial charge in [0.1, 0.15) is 5.75 Å². The van der Waals surface area contributed by atoms with Gasteiger partial charge in [-0.05, 0) is 31.0 Å². The standard InChI is InChI=1S/C13H17BrO3/c1-8-5-12(16-2)10(6-11(8)14)13(15)9-3-4-17-7-9/h5-6,9,13,15H,3-4,7H2,1-2H3. The van der Waals surface area contributed by atoms with Crippen molar-refractivity contribution in [3.05, 3.63) is 27.7 Å². The van der Waals surface area contributed by atoms with E-state index >= 15 is 0 Å². The van der Waals surface area contributed by atoms with E-state index in [9.17, 15) is 5.11 Å². The molecule has 1 N–H and O–H groups in total. The van der Waals surface area contributed by atoms with Crippen LogP contribution in [0.4, 0.5) is 0 Å². The molecule has 17 heavy (non-hydrogen) atoms. The average Bonchev–Trinajstić information content (AvgIpc) is 2.84. The van der Waals surface area contributed by atoms with Crippen LogP contribution in [-0.4, -0.2) is 25.4 Å². The summed E-state index contributed by atoms with van der Waals surface area (Å²) in [5.74, 6) is 0.906. The second-order valence-electron chi connectivity index (χ2n) is 4.41. The molecule has 0 bridgehead atoms. The molecule has 2 rings (SSSR count). The van der Waals surface area contributed by atoms with Gasteiger partial charge in [-0.3, -0.25) is 0 Å². The lowest BCUT2D eigenvalue weighted by atomic mass is 9.94. The Morgan fingerprint density at radius 2 is 2.29 bits per heavy atom. The summed E-state index contributed by atoms with van der Waals surface area (Å²) >= 11 is 3.49. The molecule has 0 amide bonds. The van der Waals surface area contributed by atoms with Crippen molar-refractivity contribution in [1.82, 2.24) is 0 Å². The van der Waals surface area contributed by atoms with Gasteiger partial charge in [0.05, 0.1) is 19.8 Å². The van der Waals surface area contributed by atoms with Gasteiger partial charge >= 0.3 is 0 Å². The van der Waals surface area contributed by atoms with Crippen molar-refractivity contribution in [2.24, 2.45) is 5.92 Å². The summed E-state index contributed by atoms with van der Waals surface area (Å²) in [5.41, 5.74) is 1.93. The minimum absolute atomic E-state index is 0.165. The van der Waals surface area contributed by atoms with Crippen LogP contribution in [0.5, 0.6) is 5.75 Å². The zero-order chi connectivity index (χ0) is 12.4. The first-order chi connectivity index (χ1) is 8.13. The molecule has 0 aromatic heterocycles. The summed E-state index contributed by atoms with van der Waals surface area (Å²) in [6.07, 6.45) is 0.375. The third kappa shape index (κ3) is 2.64. The minimum Gasteiger partial charge on any atom is -0.496 e. The first-order valence-corrected chi connectivity index (χ1v) is 6.52. The van der Waals surface area contributed by atoms with Gasteiger partial charge in [0.15, 0.2) is 0 Å². The summed E-state index contributed by atoms with van der Waals surface area (Å²) in [5, 5.41) is 10.4. The molecule has 94 valence electrons. The molecule has 3 nitrogen and oxygen atoms in total. The van der Waals surface area contributed by atoms with Crippen molar-refractivity contribution in [2.45, 2.75) is 19.4 Å². The monoisotopic (exact) mass is 300 g/mol. The van der Waals surface area contributed by atoms with Crippen LogP contribution in [0.25, 0.3) is 0 Å². The Morgan fingerprint density at radius 1 is 1.53 bits per heavy atom. The van der Waals surface area contributed by atoms with Gasteiger partial charge in [-0.25, -0.2) is 0 Å². The van der Waals surface area contributed by atoms with Crippen molar-refractivity contribution in [3.63, 3.8) is 0 Å². The van der Waals surface area contributed by atoms with E-state index in [1.165, 1.54) is 0 Å². The molecule has 0 aliphatic carbocycles. The lowest BCUT2D eigenvalue weighted by Gasteiger charge is -2.20. The van der Waals surface area contributed by atoms with Crippen LogP contribution in [0.15, 0.2) is 16.6 Å². The maximum atomic E-state index is 10.4. The number of aryl methyl sites for hydroxylation is 1. The first kappa shape index (κ1) is 12.9. The van der Waals surface area contributed by atoms with Gasteiger partial charge in [-0.1, -0.05) is 15.9 Å². The number of benzene rings is 1.